The zero-order valence-corrected chi connectivity index (χ0v) is 26.5. The van der Waals surface area contributed by atoms with E-state index >= 15 is 0 Å². The molecule has 0 saturated carbocycles. The van der Waals surface area contributed by atoms with Crippen molar-refractivity contribution in [3.8, 4) is 78.1 Å². The summed E-state index contributed by atoms with van der Waals surface area (Å²) in [6.45, 7) is 0. The third kappa shape index (κ3) is 5.98. The van der Waals surface area contributed by atoms with Gasteiger partial charge in [-0.15, -0.1) is 0 Å². The van der Waals surface area contributed by atoms with Crippen LogP contribution in [-0.4, -0.2) is 4.98 Å². The van der Waals surface area contributed by atoms with Crippen molar-refractivity contribution < 1.29 is 0 Å². The zero-order chi connectivity index (χ0) is 32.1. The largest absolute Gasteiger partial charge is 0.248 e. The Hall–Kier alpha value is -6.31. The van der Waals surface area contributed by atoms with Gasteiger partial charge >= 0.3 is 0 Å². The maximum absolute atomic E-state index is 5.32. The van der Waals surface area contributed by atoms with E-state index in [1.165, 1.54) is 44.5 Å². The molecule has 0 aliphatic rings. The number of hydrogen-bond acceptors (Lipinski definition) is 1. The van der Waals surface area contributed by atoms with Gasteiger partial charge in [-0.25, -0.2) is 4.98 Å². The molecule has 226 valence electrons. The van der Waals surface area contributed by atoms with Crippen LogP contribution in [0, 0.1) is 0 Å². The number of benzene rings is 7. The molecule has 0 saturated heterocycles. The maximum atomic E-state index is 5.32. The molecule has 1 aromatic heterocycles. The molecule has 0 radical (unpaired) electrons. The van der Waals surface area contributed by atoms with Crippen molar-refractivity contribution in [1.29, 1.82) is 0 Å². The fourth-order valence-corrected chi connectivity index (χ4v) is 6.52. The number of hydrogen-bond donors (Lipinski definition) is 0. The Bertz CT molecular complexity index is 2180. The van der Waals surface area contributed by atoms with Crippen LogP contribution in [0.25, 0.3) is 78.1 Å². The predicted molar refractivity (Wildman–Crippen MR) is 202 cm³/mol. The van der Waals surface area contributed by atoms with Gasteiger partial charge in [0.05, 0.1) is 11.4 Å². The molecule has 0 amide bonds. The lowest BCUT2D eigenvalue weighted by atomic mass is 9.90. The number of aromatic nitrogens is 1. The molecule has 0 unspecified atom stereocenters. The van der Waals surface area contributed by atoms with Crippen LogP contribution < -0.4 is 0 Å². The summed E-state index contributed by atoms with van der Waals surface area (Å²) in [5.41, 5.74) is 15.9. The van der Waals surface area contributed by atoms with Crippen LogP contribution in [0.1, 0.15) is 0 Å². The Balaban J connectivity index is 1.29. The quantitative estimate of drug-likeness (QED) is 0.175. The fourth-order valence-electron chi connectivity index (χ4n) is 6.52. The second-order valence-corrected chi connectivity index (χ2v) is 12.0. The minimum Gasteiger partial charge on any atom is -0.248 e. The molecule has 1 nitrogen and oxygen atoms in total. The summed E-state index contributed by atoms with van der Waals surface area (Å²) < 4.78 is 0. The predicted octanol–water partition coefficient (Wildman–Crippen LogP) is 12.8. The Labute approximate surface area is 282 Å². The third-order valence-corrected chi connectivity index (χ3v) is 8.90. The first-order valence-electron chi connectivity index (χ1n) is 16.4. The van der Waals surface area contributed by atoms with Crippen molar-refractivity contribution in [2.24, 2.45) is 0 Å². The summed E-state index contributed by atoms with van der Waals surface area (Å²) in [5, 5.41) is 0. The SMILES string of the molecule is c1ccc(-c2cccc(-c3ccccc3-c3cc(-c4ccccc4)nc(-c4ccccc4-c4cccc(-c5ccccc5)c4)c3)c2)cc1. The highest BCUT2D eigenvalue weighted by Crippen LogP contribution is 2.39. The van der Waals surface area contributed by atoms with E-state index in [2.05, 4.69) is 200 Å². The van der Waals surface area contributed by atoms with E-state index in [9.17, 15) is 0 Å². The van der Waals surface area contributed by atoms with Gasteiger partial charge in [0.1, 0.15) is 0 Å². The van der Waals surface area contributed by atoms with Crippen LogP contribution in [0.5, 0.6) is 0 Å². The first-order chi connectivity index (χ1) is 23.8. The normalized spacial score (nSPS) is 10.9. The average molecular weight is 612 g/mol. The van der Waals surface area contributed by atoms with E-state index < -0.39 is 0 Å². The molecule has 1 heteroatoms. The van der Waals surface area contributed by atoms with E-state index in [4.69, 9.17) is 4.98 Å². The second-order valence-electron chi connectivity index (χ2n) is 12.0. The van der Waals surface area contributed by atoms with Gasteiger partial charge in [0, 0.05) is 11.1 Å². The van der Waals surface area contributed by atoms with Crippen LogP contribution in [-0.2, 0) is 0 Å². The summed E-state index contributed by atoms with van der Waals surface area (Å²) in [4.78, 5) is 5.32. The third-order valence-electron chi connectivity index (χ3n) is 8.90. The van der Waals surface area contributed by atoms with E-state index in [0.29, 0.717) is 0 Å². The van der Waals surface area contributed by atoms with Gasteiger partial charge in [0.15, 0.2) is 0 Å². The smallest absolute Gasteiger partial charge is 0.0721 e. The molecule has 1 heterocycles. The van der Waals surface area contributed by atoms with E-state index in [1.54, 1.807) is 0 Å². The first kappa shape index (κ1) is 29.1. The summed E-state index contributed by atoms with van der Waals surface area (Å²) in [5.74, 6) is 0. The summed E-state index contributed by atoms with van der Waals surface area (Å²) >= 11 is 0. The molecule has 0 spiro atoms. The van der Waals surface area contributed by atoms with Gasteiger partial charge in [0.25, 0.3) is 0 Å². The van der Waals surface area contributed by atoms with Crippen LogP contribution in [0.4, 0.5) is 0 Å². The van der Waals surface area contributed by atoms with Crippen molar-refractivity contribution in [2.45, 2.75) is 0 Å². The van der Waals surface area contributed by atoms with E-state index in [1.807, 2.05) is 0 Å². The lowest BCUT2D eigenvalue weighted by Gasteiger charge is -2.16. The van der Waals surface area contributed by atoms with Gasteiger partial charge < -0.3 is 0 Å². The minimum atomic E-state index is 0.944. The Morgan fingerprint density at radius 1 is 0.208 bits per heavy atom. The molecule has 0 aliphatic heterocycles. The second kappa shape index (κ2) is 13.2. The number of rotatable bonds is 7. The maximum Gasteiger partial charge on any atom is 0.0721 e. The Morgan fingerprint density at radius 3 is 1.08 bits per heavy atom. The molecule has 8 aromatic rings. The summed E-state index contributed by atoms with van der Waals surface area (Å²) in [6.07, 6.45) is 0. The van der Waals surface area contributed by atoms with Gasteiger partial charge in [-0.1, -0.05) is 176 Å². The van der Waals surface area contributed by atoms with Crippen LogP contribution in [0.3, 0.4) is 0 Å². The van der Waals surface area contributed by atoms with Crippen LogP contribution >= 0.6 is 0 Å². The van der Waals surface area contributed by atoms with Crippen molar-refractivity contribution in [3.05, 3.63) is 200 Å². The summed E-state index contributed by atoms with van der Waals surface area (Å²) in [6, 6.07) is 71.1. The first-order valence-corrected chi connectivity index (χ1v) is 16.4. The van der Waals surface area contributed by atoms with Crippen molar-refractivity contribution in [3.63, 3.8) is 0 Å². The highest BCUT2D eigenvalue weighted by Gasteiger charge is 2.16. The van der Waals surface area contributed by atoms with Crippen molar-refractivity contribution >= 4 is 0 Å². The molecule has 0 fully saturated rings. The fraction of sp³-hybridized carbons (Fsp3) is 0. The standard InChI is InChI=1S/C47H33N/c1-4-16-34(17-5-1)37-22-14-24-39(30-37)42-26-10-11-28-44(42)41-32-46(36-20-8-3-9-21-36)48-47(33-41)45-29-13-12-27-43(45)40-25-15-23-38(31-40)35-18-6-2-7-19-35/h1-33H. The van der Waals surface area contributed by atoms with Gasteiger partial charge in [-0.2, -0.15) is 0 Å². The topological polar surface area (TPSA) is 12.9 Å². The van der Waals surface area contributed by atoms with Gasteiger partial charge in [0.2, 0.25) is 0 Å². The molecule has 0 N–H and O–H groups in total. The highest BCUT2D eigenvalue weighted by molar-refractivity contribution is 5.90. The van der Waals surface area contributed by atoms with Crippen molar-refractivity contribution in [2.75, 3.05) is 0 Å². The van der Waals surface area contributed by atoms with Crippen LogP contribution in [0.2, 0.25) is 0 Å². The lowest BCUT2D eigenvalue weighted by Crippen LogP contribution is -1.94. The van der Waals surface area contributed by atoms with Gasteiger partial charge in [-0.05, 0) is 79.9 Å². The average Bonchev–Trinajstić information content (AvgIpc) is 3.19. The molecular formula is C47H33N. The van der Waals surface area contributed by atoms with Crippen molar-refractivity contribution in [1.82, 2.24) is 4.98 Å². The molecule has 7 aromatic carbocycles. The van der Waals surface area contributed by atoms with E-state index in [0.717, 1.165) is 33.6 Å². The molecule has 8 rings (SSSR count). The number of nitrogens with zero attached hydrogens (tertiary/aromatic N) is 1. The Kier molecular flexibility index (Phi) is 8.01. The minimum absolute atomic E-state index is 0.944. The Morgan fingerprint density at radius 2 is 0.562 bits per heavy atom. The zero-order valence-electron chi connectivity index (χ0n) is 26.5. The number of pyridine rings is 1. The highest BCUT2D eigenvalue weighted by atomic mass is 14.7. The molecule has 0 atom stereocenters. The lowest BCUT2D eigenvalue weighted by molar-refractivity contribution is 1.32. The molecule has 48 heavy (non-hydrogen) atoms. The molecule has 0 aliphatic carbocycles. The molecule has 0 bridgehead atoms. The molecular weight excluding hydrogens is 579 g/mol. The van der Waals surface area contributed by atoms with E-state index in [-0.39, 0.29) is 0 Å². The van der Waals surface area contributed by atoms with Gasteiger partial charge in [-0.3, -0.25) is 0 Å². The monoisotopic (exact) mass is 611 g/mol. The summed E-state index contributed by atoms with van der Waals surface area (Å²) in [7, 11) is 0. The van der Waals surface area contributed by atoms with Crippen LogP contribution in [0.15, 0.2) is 200 Å².